The van der Waals surface area contributed by atoms with E-state index in [-0.39, 0.29) is 29.7 Å². The summed E-state index contributed by atoms with van der Waals surface area (Å²) in [6, 6.07) is 0. The average Bonchev–Trinajstić information content (AvgIpc) is 2.51. The molecule has 0 saturated carbocycles. The van der Waals surface area contributed by atoms with Crippen LogP contribution in [0.3, 0.4) is 0 Å². The van der Waals surface area contributed by atoms with Gasteiger partial charge in [-0.3, -0.25) is 4.99 Å². The van der Waals surface area contributed by atoms with Gasteiger partial charge < -0.3 is 15.0 Å². The molecule has 138 valence electrons. The summed E-state index contributed by atoms with van der Waals surface area (Å²) < 4.78 is 30.9. The molecule has 0 aromatic heterocycles. The van der Waals surface area contributed by atoms with Crippen LogP contribution in [0.2, 0.25) is 0 Å². The van der Waals surface area contributed by atoms with Crippen LogP contribution >= 0.6 is 24.0 Å². The monoisotopic (exact) mass is 462 g/mol. The van der Waals surface area contributed by atoms with Gasteiger partial charge in [-0.25, -0.2) is 13.1 Å². The van der Waals surface area contributed by atoms with Crippen LogP contribution in [-0.2, 0) is 14.8 Å². The van der Waals surface area contributed by atoms with Crippen molar-refractivity contribution >= 4 is 40.0 Å². The van der Waals surface area contributed by atoms with Gasteiger partial charge in [-0.1, -0.05) is 0 Å². The van der Waals surface area contributed by atoms with Crippen molar-refractivity contribution in [2.24, 2.45) is 4.99 Å². The third kappa shape index (κ3) is 9.06. The Labute approximate surface area is 157 Å². The van der Waals surface area contributed by atoms with Gasteiger partial charge in [-0.05, 0) is 33.6 Å². The lowest BCUT2D eigenvalue weighted by molar-refractivity contribution is 0.0264. The van der Waals surface area contributed by atoms with E-state index in [1.165, 1.54) is 0 Å². The number of nitrogens with zero attached hydrogens (tertiary/aromatic N) is 2. The first-order chi connectivity index (χ1) is 10.5. The number of likely N-dealkylation sites (tertiary alicyclic amines) is 1. The Morgan fingerprint density at radius 1 is 1.26 bits per heavy atom. The zero-order chi connectivity index (χ0) is 16.4. The number of nitrogens with one attached hydrogen (secondary N) is 2. The number of aliphatic imine (C=N–C) groups is 1. The van der Waals surface area contributed by atoms with Gasteiger partial charge in [0.15, 0.2) is 5.96 Å². The van der Waals surface area contributed by atoms with Crippen molar-refractivity contribution in [2.75, 3.05) is 45.1 Å². The maximum absolute atomic E-state index is 11.4. The Morgan fingerprint density at radius 2 is 1.91 bits per heavy atom. The van der Waals surface area contributed by atoms with Crippen LogP contribution in [0.1, 0.15) is 33.6 Å². The van der Waals surface area contributed by atoms with Crippen LogP contribution < -0.4 is 10.0 Å². The molecule has 2 N–H and O–H groups in total. The van der Waals surface area contributed by atoms with Crippen molar-refractivity contribution < 1.29 is 13.2 Å². The Bertz CT molecular complexity index is 437. The van der Waals surface area contributed by atoms with Crippen LogP contribution in [0.15, 0.2) is 4.99 Å². The molecule has 1 aliphatic heterocycles. The fraction of sp³-hybridized carbons (Fsp3) is 0.929. The highest BCUT2D eigenvalue weighted by molar-refractivity contribution is 14.0. The fourth-order valence-electron chi connectivity index (χ4n) is 2.36. The Balaban J connectivity index is 0.00000484. The summed E-state index contributed by atoms with van der Waals surface area (Å²) in [5.74, 6) is 0.954. The van der Waals surface area contributed by atoms with Gasteiger partial charge in [0.1, 0.15) is 0 Å². The molecule has 1 aliphatic rings. The predicted molar refractivity (Wildman–Crippen MR) is 105 cm³/mol. The minimum Gasteiger partial charge on any atom is -0.378 e. The molecule has 9 heteroatoms. The van der Waals surface area contributed by atoms with Gasteiger partial charge in [0.25, 0.3) is 0 Å². The van der Waals surface area contributed by atoms with Crippen molar-refractivity contribution in [3.05, 3.63) is 0 Å². The third-order valence-electron chi connectivity index (χ3n) is 3.55. The summed E-state index contributed by atoms with van der Waals surface area (Å²) in [5.41, 5.74) is 0. The van der Waals surface area contributed by atoms with E-state index in [0.717, 1.165) is 45.0 Å². The minimum atomic E-state index is -3.14. The summed E-state index contributed by atoms with van der Waals surface area (Å²) in [6.07, 6.45) is 2.35. The van der Waals surface area contributed by atoms with Crippen molar-refractivity contribution in [3.8, 4) is 0 Å². The first kappa shape index (κ1) is 22.9. The molecule has 7 nitrogen and oxygen atoms in total. The van der Waals surface area contributed by atoms with Crippen molar-refractivity contribution in [3.63, 3.8) is 0 Å². The molecule has 23 heavy (non-hydrogen) atoms. The van der Waals surface area contributed by atoms with E-state index in [2.05, 4.69) is 19.9 Å². The van der Waals surface area contributed by atoms with Gasteiger partial charge in [-0.15, -0.1) is 24.0 Å². The highest BCUT2D eigenvalue weighted by Crippen LogP contribution is 2.13. The molecule has 0 unspecified atom stereocenters. The number of halogens is 1. The topological polar surface area (TPSA) is 83.0 Å². The van der Waals surface area contributed by atoms with Gasteiger partial charge in [-0.2, -0.15) is 0 Å². The van der Waals surface area contributed by atoms with E-state index < -0.39 is 10.0 Å². The van der Waals surface area contributed by atoms with Crippen LogP contribution in [0.4, 0.5) is 0 Å². The number of ether oxygens (including phenoxy) is 1. The van der Waals surface area contributed by atoms with E-state index >= 15 is 0 Å². The second-order valence-electron chi connectivity index (χ2n) is 5.18. The van der Waals surface area contributed by atoms with E-state index in [9.17, 15) is 8.42 Å². The van der Waals surface area contributed by atoms with Crippen LogP contribution in [0.5, 0.6) is 0 Å². The molecule has 0 spiro atoms. The van der Waals surface area contributed by atoms with Gasteiger partial charge in [0.2, 0.25) is 10.0 Å². The standard InChI is InChI=1S/C14H30N4O3S.HI/c1-4-15-14(16-9-10-17-22(19,20)6-3)18-11-7-13(8-12-18)21-5-2;/h13,17H,4-12H2,1-3H3,(H,15,16);1H. The highest BCUT2D eigenvalue weighted by atomic mass is 127. The number of guanidine groups is 1. The third-order valence-corrected chi connectivity index (χ3v) is 4.96. The number of sulfonamides is 1. The molecule has 0 amide bonds. The van der Waals surface area contributed by atoms with Crippen LogP contribution in [-0.4, -0.2) is 70.5 Å². The molecule has 0 radical (unpaired) electrons. The van der Waals surface area contributed by atoms with Crippen molar-refractivity contribution in [2.45, 2.75) is 39.7 Å². The maximum Gasteiger partial charge on any atom is 0.211 e. The second-order valence-corrected chi connectivity index (χ2v) is 7.27. The van der Waals surface area contributed by atoms with E-state index in [4.69, 9.17) is 4.74 Å². The summed E-state index contributed by atoms with van der Waals surface area (Å²) in [7, 11) is -3.14. The van der Waals surface area contributed by atoms with E-state index in [0.29, 0.717) is 19.2 Å². The Hall–Kier alpha value is -0.130. The number of piperidine rings is 1. The van der Waals surface area contributed by atoms with Gasteiger partial charge in [0, 0.05) is 32.8 Å². The highest BCUT2D eigenvalue weighted by Gasteiger charge is 2.21. The summed E-state index contributed by atoms with van der Waals surface area (Å²) >= 11 is 0. The minimum absolute atomic E-state index is 0. The number of hydrogen-bond acceptors (Lipinski definition) is 4. The lowest BCUT2D eigenvalue weighted by atomic mass is 10.1. The molecule has 1 saturated heterocycles. The first-order valence-electron chi connectivity index (χ1n) is 8.14. The molecular formula is C14H31IN4O3S. The van der Waals surface area contributed by atoms with Crippen molar-refractivity contribution in [1.29, 1.82) is 0 Å². The summed E-state index contributed by atoms with van der Waals surface area (Å²) in [6.45, 7) is 9.83. The number of rotatable bonds is 8. The number of hydrogen-bond donors (Lipinski definition) is 2. The molecule has 0 bridgehead atoms. The van der Waals surface area contributed by atoms with Crippen molar-refractivity contribution in [1.82, 2.24) is 14.9 Å². The predicted octanol–water partition coefficient (Wildman–Crippen LogP) is 1.01. The van der Waals surface area contributed by atoms with E-state index in [1.54, 1.807) is 6.92 Å². The summed E-state index contributed by atoms with van der Waals surface area (Å²) in [4.78, 5) is 6.72. The molecule has 0 aromatic rings. The quantitative estimate of drug-likeness (QED) is 0.244. The summed E-state index contributed by atoms with van der Waals surface area (Å²) in [5, 5.41) is 3.27. The molecule has 1 heterocycles. The van der Waals surface area contributed by atoms with Gasteiger partial charge in [0.05, 0.1) is 18.4 Å². The molecular weight excluding hydrogens is 431 g/mol. The Morgan fingerprint density at radius 3 is 2.43 bits per heavy atom. The molecule has 0 aliphatic carbocycles. The molecule has 1 rings (SSSR count). The maximum atomic E-state index is 11.4. The van der Waals surface area contributed by atoms with Crippen LogP contribution in [0, 0.1) is 0 Å². The zero-order valence-electron chi connectivity index (χ0n) is 14.4. The lowest BCUT2D eigenvalue weighted by Crippen LogP contribution is -2.47. The normalized spacial score (nSPS) is 17.0. The average molecular weight is 462 g/mol. The SMILES string of the molecule is CCNC(=NCCNS(=O)(=O)CC)N1CCC(OCC)CC1.I. The van der Waals surface area contributed by atoms with Gasteiger partial charge >= 0.3 is 0 Å². The molecule has 0 atom stereocenters. The lowest BCUT2D eigenvalue weighted by Gasteiger charge is -2.34. The van der Waals surface area contributed by atoms with E-state index in [1.807, 2.05) is 13.8 Å². The largest absolute Gasteiger partial charge is 0.378 e. The smallest absolute Gasteiger partial charge is 0.211 e. The fourth-order valence-corrected chi connectivity index (χ4v) is 2.97. The zero-order valence-corrected chi connectivity index (χ0v) is 17.5. The first-order valence-corrected chi connectivity index (χ1v) is 9.79. The molecule has 1 fully saturated rings. The molecule has 0 aromatic carbocycles. The second kappa shape index (κ2) is 12.3. The van der Waals surface area contributed by atoms with Crippen LogP contribution in [0.25, 0.3) is 0 Å². The Kier molecular flexibility index (Phi) is 12.2.